The lowest BCUT2D eigenvalue weighted by Crippen LogP contribution is -2.35. The van der Waals surface area contributed by atoms with Crippen LogP contribution in [0.1, 0.15) is 27.9 Å². The van der Waals surface area contributed by atoms with E-state index in [9.17, 15) is 17.6 Å². The van der Waals surface area contributed by atoms with Crippen molar-refractivity contribution in [2.75, 3.05) is 16.2 Å². The van der Waals surface area contributed by atoms with Gasteiger partial charge in [0.2, 0.25) is 0 Å². The van der Waals surface area contributed by atoms with Gasteiger partial charge in [0.15, 0.2) is 0 Å². The summed E-state index contributed by atoms with van der Waals surface area (Å²) >= 11 is 12.0. The quantitative estimate of drug-likeness (QED) is 0.497. The minimum Gasteiger partial charge on any atom is -0.322 e. The van der Waals surface area contributed by atoms with Crippen LogP contribution in [-0.4, -0.2) is 20.9 Å². The summed E-state index contributed by atoms with van der Waals surface area (Å²) in [4.78, 5) is 12.9. The maximum absolute atomic E-state index is 14.2. The second-order valence-electron chi connectivity index (χ2n) is 7.49. The average Bonchev–Trinajstić information content (AvgIpc) is 2.76. The summed E-state index contributed by atoms with van der Waals surface area (Å²) in [5, 5.41) is 3.11. The van der Waals surface area contributed by atoms with Crippen LogP contribution in [0.15, 0.2) is 59.5 Å². The molecular weight excluding hydrogens is 474 g/mol. The zero-order chi connectivity index (χ0) is 23.0. The van der Waals surface area contributed by atoms with Crippen molar-refractivity contribution >= 4 is 50.5 Å². The van der Waals surface area contributed by atoms with E-state index < -0.39 is 21.7 Å². The first-order valence-electron chi connectivity index (χ1n) is 9.85. The van der Waals surface area contributed by atoms with Crippen LogP contribution in [0, 0.1) is 12.7 Å². The zero-order valence-corrected chi connectivity index (χ0v) is 19.4. The van der Waals surface area contributed by atoms with Crippen LogP contribution in [-0.2, 0) is 16.4 Å². The van der Waals surface area contributed by atoms with E-state index >= 15 is 0 Å². The van der Waals surface area contributed by atoms with Gasteiger partial charge in [0.1, 0.15) is 5.82 Å². The van der Waals surface area contributed by atoms with Crippen molar-refractivity contribution < 1.29 is 17.6 Å². The zero-order valence-electron chi connectivity index (χ0n) is 17.0. The van der Waals surface area contributed by atoms with Crippen molar-refractivity contribution in [3.05, 3.63) is 87.2 Å². The molecule has 0 aromatic heterocycles. The van der Waals surface area contributed by atoms with Gasteiger partial charge in [-0.3, -0.25) is 9.10 Å². The number of aryl methyl sites for hydroxylation is 2. The number of carbonyl (C=O) groups excluding carboxylic acids is 1. The Morgan fingerprint density at radius 1 is 1.06 bits per heavy atom. The maximum atomic E-state index is 14.2. The second kappa shape index (κ2) is 8.73. The van der Waals surface area contributed by atoms with Crippen molar-refractivity contribution in [2.45, 2.75) is 24.7 Å². The van der Waals surface area contributed by atoms with Crippen LogP contribution in [0.4, 0.5) is 15.8 Å². The lowest BCUT2D eigenvalue weighted by molar-refractivity contribution is 0.102. The van der Waals surface area contributed by atoms with Gasteiger partial charge in [-0.1, -0.05) is 35.3 Å². The molecule has 5 nitrogen and oxygen atoms in total. The van der Waals surface area contributed by atoms with E-state index in [-0.39, 0.29) is 15.5 Å². The molecule has 1 N–H and O–H groups in total. The average molecular weight is 493 g/mol. The third-order valence-corrected chi connectivity index (χ3v) is 7.90. The summed E-state index contributed by atoms with van der Waals surface area (Å²) in [6, 6.07) is 13.7. The predicted molar refractivity (Wildman–Crippen MR) is 125 cm³/mol. The van der Waals surface area contributed by atoms with Gasteiger partial charge in [0.05, 0.1) is 21.2 Å². The Morgan fingerprint density at radius 3 is 2.50 bits per heavy atom. The molecule has 0 aliphatic carbocycles. The van der Waals surface area contributed by atoms with E-state index in [0.717, 1.165) is 5.56 Å². The number of hydrogen-bond donors (Lipinski definition) is 1. The number of benzene rings is 3. The fourth-order valence-electron chi connectivity index (χ4n) is 3.66. The molecule has 3 aromatic carbocycles. The number of hydrogen-bond acceptors (Lipinski definition) is 3. The Bertz CT molecular complexity index is 1310. The Morgan fingerprint density at radius 2 is 1.78 bits per heavy atom. The fraction of sp³-hybridized carbons (Fsp3) is 0.174. The Kier molecular flexibility index (Phi) is 6.16. The molecule has 1 aliphatic heterocycles. The van der Waals surface area contributed by atoms with Crippen molar-refractivity contribution in [3.63, 3.8) is 0 Å². The number of nitrogens with one attached hydrogen (secondary N) is 1. The number of nitrogens with zero attached hydrogens (tertiary/aromatic N) is 1. The van der Waals surface area contributed by atoms with Crippen molar-refractivity contribution in [3.8, 4) is 0 Å². The van der Waals surface area contributed by atoms with Gasteiger partial charge in [-0.2, -0.15) is 0 Å². The van der Waals surface area contributed by atoms with Gasteiger partial charge in [-0.05, 0) is 73.4 Å². The van der Waals surface area contributed by atoms with E-state index in [4.69, 9.17) is 23.2 Å². The summed E-state index contributed by atoms with van der Waals surface area (Å²) in [6.07, 6.45) is 1.37. The number of carbonyl (C=O) groups is 1. The highest BCUT2D eigenvalue weighted by Gasteiger charge is 2.29. The summed E-state index contributed by atoms with van der Waals surface area (Å²) in [6.45, 7) is 1.98. The predicted octanol–water partition coefficient (Wildman–Crippen LogP) is 5.83. The van der Waals surface area contributed by atoms with Crippen LogP contribution in [0.3, 0.4) is 0 Å². The second-order valence-corrected chi connectivity index (χ2v) is 10.2. The molecule has 1 aliphatic rings. The van der Waals surface area contributed by atoms with Gasteiger partial charge in [-0.25, -0.2) is 12.8 Å². The SMILES string of the molecule is Cc1ccc(F)c(C(=O)Nc2ccc3c(c2)N(S(=O)(=O)c2ccc(Cl)cc2)CCC3)c1Cl. The smallest absolute Gasteiger partial charge is 0.264 e. The molecule has 1 heterocycles. The van der Waals surface area contributed by atoms with Crippen LogP contribution < -0.4 is 9.62 Å². The van der Waals surface area contributed by atoms with Gasteiger partial charge in [-0.15, -0.1) is 0 Å². The van der Waals surface area contributed by atoms with Gasteiger partial charge in [0.25, 0.3) is 15.9 Å². The molecule has 0 spiro atoms. The summed E-state index contributed by atoms with van der Waals surface area (Å²) in [5.41, 5.74) is 1.97. The molecule has 166 valence electrons. The first-order valence-corrected chi connectivity index (χ1v) is 12.1. The summed E-state index contributed by atoms with van der Waals surface area (Å²) < 4.78 is 42.1. The largest absolute Gasteiger partial charge is 0.322 e. The first-order chi connectivity index (χ1) is 15.2. The van der Waals surface area contributed by atoms with Gasteiger partial charge in [0, 0.05) is 17.3 Å². The Labute approximate surface area is 195 Å². The molecule has 9 heteroatoms. The highest BCUT2D eigenvalue weighted by atomic mass is 35.5. The topological polar surface area (TPSA) is 66.5 Å². The third-order valence-electron chi connectivity index (χ3n) is 5.33. The molecule has 1 amide bonds. The summed E-state index contributed by atoms with van der Waals surface area (Å²) in [7, 11) is -3.83. The lowest BCUT2D eigenvalue weighted by atomic mass is 10.0. The fourth-order valence-corrected chi connectivity index (χ4v) is 5.56. The molecule has 0 saturated carbocycles. The summed E-state index contributed by atoms with van der Waals surface area (Å²) in [5.74, 6) is -1.44. The number of halogens is 3. The highest BCUT2D eigenvalue weighted by Crippen LogP contribution is 2.35. The molecule has 0 unspecified atom stereocenters. The molecule has 4 rings (SSSR count). The molecular formula is C23H19Cl2FN2O3S. The van der Waals surface area contributed by atoms with Crippen molar-refractivity contribution in [2.24, 2.45) is 0 Å². The third kappa shape index (κ3) is 4.20. The molecule has 3 aromatic rings. The number of amides is 1. The molecule has 0 bridgehead atoms. The van der Waals surface area contributed by atoms with Crippen molar-refractivity contribution in [1.29, 1.82) is 0 Å². The number of anilines is 2. The molecule has 0 fully saturated rings. The van der Waals surface area contributed by atoms with Crippen molar-refractivity contribution in [1.82, 2.24) is 0 Å². The van der Waals surface area contributed by atoms with Crippen LogP contribution in [0.25, 0.3) is 0 Å². The minimum atomic E-state index is -3.83. The van der Waals surface area contributed by atoms with E-state index in [2.05, 4.69) is 5.32 Å². The maximum Gasteiger partial charge on any atom is 0.264 e. The van der Waals surface area contributed by atoms with E-state index in [0.29, 0.717) is 41.3 Å². The molecule has 0 radical (unpaired) electrons. The Balaban J connectivity index is 1.69. The highest BCUT2D eigenvalue weighted by molar-refractivity contribution is 7.92. The number of fused-ring (bicyclic) bond motifs is 1. The number of sulfonamides is 1. The normalized spacial score (nSPS) is 13.6. The lowest BCUT2D eigenvalue weighted by Gasteiger charge is -2.31. The number of rotatable bonds is 4. The monoisotopic (exact) mass is 492 g/mol. The molecule has 32 heavy (non-hydrogen) atoms. The van der Waals surface area contributed by atoms with E-state index in [1.165, 1.54) is 40.7 Å². The van der Waals surface area contributed by atoms with Crippen LogP contribution >= 0.6 is 23.2 Å². The van der Waals surface area contributed by atoms with Gasteiger partial charge < -0.3 is 5.32 Å². The molecule has 0 saturated heterocycles. The standard InChI is InChI=1S/C23H19Cl2FN2O3S/c1-14-4-11-19(26)21(22(14)25)23(29)27-17-8-5-15-3-2-12-28(20(15)13-17)32(30,31)18-9-6-16(24)7-10-18/h4-11,13H,2-3,12H2,1H3,(H,27,29). The Hall–Kier alpha value is -2.61. The van der Waals surface area contributed by atoms with E-state index in [1.807, 2.05) is 0 Å². The van der Waals surface area contributed by atoms with Gasteiger partial charge >= 0.3 is 0 Å². The first kappa shape index (κ1) is 22.6. The van der Waals surface area contributed by atoms with E-state index in [1.54, 1.807) is 25.1 Å². The van der Waals surface area contributed by atoms with Crippen LogP contribution in [0.2, 0.25) is 10.0 Å². The molecule has 0 atom stereocenters. The van der Waals surface area contributed by atoms with Crippen LogP contribution in [0.5, 0.6) is 0 Å². The minimum absolute atomic E-state index is 0.0346.